The Morgan fingerprint density at radius 2 is 1.52 bits per heavy atom. The van der Waals surface area contributed by atoms with Crippen LogP contribution in [0.1, 0.15) is 118 Å². The van der Waals surface area contributed by atoms with Crippen LogP contribution < -0.4 is 0 Å². The third-order valence-corrected chi connectivity index (χ3v) is 10.8. The lowest BCUT2D eigenvalue weighted by molar-refractivity contribution is -0.114. The van der Waals surface area contributed by atoms with Crippen molar-refractivity contribution in [3.63, 3.8) is 0 Å². The van der Waals surface area contributed by atoms with Gasteiger partial charge in [0, 0.05) is 0 Å². The number of fused-ring (bicyclic) bond motifs is 5. The van der Waals surface area contributed by atoms with Gasteiger partial charge in [-0.15, -0.1) is 0 Å². The van der Waals surface area contributed by atoms with Gasteiger partial charge in [0.1, 0.15) is 0 Å². The van der Waals surface area contributed by atoms with E-state index in [9.17, 15) is 0 Å². The van der Waals surface area contributed by atoms with Crippen LogP contribution in [0.2, 0.25) is 0 Å². The lowest BCUT2D eigenvalue weighted by Crippen LogP contribution is -2.53. The highest BCUT2D eigenvalue weighted by atomic mass is 14.6. The van der Waals surface area contributed by atoms with Crippen LogP contribution in [-0.2, 0) is 0 Å². The summed E-state index contributed by atoms with van der Waals surface area (Å²) in [5, 5.41) is 0. The molecule has 4 rings (SSSR count). The molecule has 0 heterocycles. The van der Waals surface area contributed by atoms with Gasteiger partial charge >= 0.3 is 0 Å². The molecule has 8 atom stereocenters. The summed E-state index contributed by atoms with van der Waals surface area (Å²) in [7, 11) is 0. The molecule has 0 spiro atoms. The molecule has 4 aliphatic rings. The fourth-order valence-corrected chi connectivity index (χ4v) is 9.32. The van der Waals surface area contributed by atoms with Gasteiger partial charge in [-0.3, -0.25) is 0 Å². The van der Waals surface area contributed by atoms with Crippen molar-refractivity contribution < 1.29 is 0 Å². The van der Waals surface area contributed by atoms with Gasteiger partial charge < -0.3 is 0 Å². The van der Waals surface area contributed by atoms with Crippen molar-refractivity contribution in [3.8, 4) is 0 Å². The van der Waals surface area contributed by atoms with Crippen molar-refractivity contribution in [3.05, 3.63) is 0 Å². The van der Waals surface area contributed by atoms with Crippen molar-refractivity contribution >= 4 is 0 Å². The first kappa shape index (κ1) is 20.3. The summed E-state index contributed by atoms with van der Waals surface area (Å²) in [5.41, 5.74) is 1.39. The molecule has 0 saturated heterocycles. The maximum atomic E-state index is 2.75. The molecule has 0 aliphatic heterocycles. The van der Waals surface area contributed by atoms with Crippen LogP contribution >= 0.6 is 0 Å². The summed E-state index contributed by atoms with van der Waals surface area (Å²) in [6.07, 6.45) is 19.9. The number of hydrogen-bond donors (Lipinski definition) is 0. The minimum atomic E-state index is 0.677. The molecule has 0 aromatic carbocycles. The zero-order chi connectivity index (χ0) is 19.2. The van der Waals surface area contributed by atoms with Gasteiger partial charge in [0.2, 0.25) is 0 Å². The Kier molecular flexibility index (Phi) is 5.77. The van der Waals surface area contributed by atoms with E-state index in [1.807, 2.05) is 0 Å². The second-order valence-corrected chi connectivity index (χ2v) is 12.4. The predicted molar refractivity (Wildman–Crippen MR) is 118 cm³/mol. The topological polar surface area (TPSA) is 0 Å². The maximum Gasteiger partial charge on any atom is -0.0264 e. The SMILES string of the molecule is CC(C)CCCC(C)C1CCC2C3CCC4CCCCC4(C)C3CC[C@@]12C. The van der Waals surface area contributed by atoms with Crippen LogP contribution in [0.5, 0.6) is 0 Å². The van der Waals surface area contributed by atoms with E-state index in [0.717, 1.165) is 41.4 Å². The molecule has 156 valence electrons. The molecule has 4 fully saturated rings. The van der Waals surface area contributed by atoms with Crippen LogP contribution in [0.3, 0.4) is 0 Å². The van der Waals surface area contributed by atoms with Crippen LogP contribution in [0, 0.1) is 52.3 Å². The molecule has 0 heteroatoms. The Bertz CT molecular complexity index is 506. The largest absolute Gasteiger partial charge is 0.0628 e. The molecule has 27 heavy (non-hydrogen) atoms. The van der Waals surface area contributed by atoms with Gasteiger partial charge in [-0.25, -0.2) is 0 Å². The van der Waals surface area contributed by atoms with Crippen LogP contribution in [0.15, 0.2) is 0 Å². The third-order valence-electron chi connectivity index (χ3n) is 10.8. The quantitative estimate of drug-likeness (QED) is 0.453. The third kappa shape index (κ3) is 3.44. The minimum Gasteiger partial charge on any atom is -0.0628 e. The Labute approximate surface area is 170 Å². The summed E-state index contributed by atoms with van der Waals surface area (Å²) in [5.74, 6) is 7.15. The van der Waals surface area contributed by atoms with E-state index in [2.05, 4.69) is 34.6 Å². The fraction of sp³-hybridized carbons (Fsp3) is 1.00. The first-order valence-electron chi connectivity index (χ1n) is 12.9. The summed E-state index contributed by atoms with van der Waals surface area (Å²) in [6.45, 7) is 12.9. The van der Waals surface area contributed by atoms with Crippen molar-refractivity contribution in [1.29, 1.82) is 0 Å². The normalized spacial score (nSPS) is 48.0. The molecule has 0 N–H and O–H groups in total. The molecule has 0 aromatic heterocycles. The monoisotopic (exact) mass is 372 g/mol. The van der Waals surface area contributed by atoms with Crippen molar-refractivity contribution in [2.24, 2.45) is 52.3 Å². The van der Waals surface area contributed by atoms with E-state index in [1.165, 1.54) is 32.1 Å². The molecule has 0 radical (unpaired) electrons. The summed E-state index contributed by atoms with van der Waals surface area (Å²) in [6, 6.07) is 0. The molecular formula is C27H48. The van der Waals surface area contributed by atoms with Crippen LogP contribution in [-0.4, -0.2) is 0 Å². The average Bonchev–Trinajstić information content (AvgIpc) is 2.98. The maximum absolute atomic E-state index is 2.75. The van der Waals surface area contributed by atoms with Gasteiger partial charge in [-0.05, 0) is 104 Å². The van der Waals surface area contributed by atoms with Gasteiger partial charge in [-0.2, -0.15) is 0 Å². The summed E-state index contributed by atoms with van der Waals surface area (Å²) < 4.78 is 0. The zero-order valence-electron chi connectivity index (χ0n) is 19.2. The van der Waals surface area contributed by atoms with E-state index in [-0.39, 0.29) is 0 Å². The predicted octanol–water partition coefficient (Wildman–Crippen LogP) is 8.50. The van der Waals surface area contributed by atoms with Crippen molar-refractivity contribution in [2.45, 2.75) is 118 Å². The molecule has 0 amide bonds. The standard InChI is InChI=1S/C27H48/c1-19(2)9-8-10-20(3)23-14-15-24-22-13-12-21-11-6-7-17-26(21,4)25(22)16-18-27(23,24)5/h19-25H,6-18H2,1-5H3/t20?,21?,22?,23?,24?,25?,26?,27-/m0/s1. The fourth-order valence-electron chi connectivity index (χ4n) is 9.32. The van der Waals surface area contributed by atoms with E-state index in [0.29, 0.717) is 10.8 Å². The van der Waals surface area contributed by atoms with Gasteiger partial charge in [0.15, 0.2) is 0 Å². The van der Waals surface area contributed by atoms with Crippen molar-refractivity contribution in [2.75, 3.05) is 0 Å². The highest BCUT2D eigenvalue weighted by molar-refractivity contribution is 5.09. The summed E-state index contributed by atoms with van der Waals surface area (Å²) >= 11 is 0. The molecule has 4 aliphatic carbocycles. The van der Waals surface area contributed by atoms with Gasteiger partial charge in [0.25, 0.3) is 0 Å². The molecule has 0 bridgehead atoms. The van der Waals surface area contributed by atoms with Crippen LogP contribution in [0.4, 0.5) is 0 Å². The van der Waals surface area contributed by atoms with Crippen LogP contribution in [0.25, 0.3) is 0 Å². The minimum absolute atomic E-state index is 0.677. The van der Waals surface area contributed by atoms with E-state index in [4.69, 9.17) is 0 Å². The lowest BCUT2D eigenvalue weighted by atomic mass is 9.44. The molecule has 0 aromatic rings. The smallest absolute Gasteiger partial charge is 0.0264 e. The Morgan fingerprint density at radius 1 is 0.741 bits per heavy atom. The van der Waals surface area contributed by atoms with Crippen molar-refractivity contribution in [1.82, 2.24) is 0 Å². The molecule has 0 nitrogen and oxygen atoms in total. The van der Waals surface area contributed by atoms with E-state index in [1.54, 1.807) is 51.4 Å². The first-order chi connectivity index (χ1) is 12.9. The Balaban J connectivity index is 1.46. The average molecular weight is 373 g/mol. The van der Waals surface area contributed by atoms with E-state index >= 15 is 0 Å². The summed E-state index contributed by atoms with van der Waals surface area (Å²) in [4.78, 5) is 0. The van der Waals surface area contributed by atoms with Gasteiger partial charge in [0.05, 0.1) is 0 Å². The Hall–Kier alpha value is 0. The molecular weight excluding hydrogens is 324 g/mol. The van der Waals surface area contributed by atoms with E-state index < -0.39 is 0 Å². The highest BCUT2D eigenvalue weighted by Crippen LogP contribution is 2.68. The first-order valence-corrected chi connectivity index (χ1v) is 12.9. The zero-order valence-corrected chi connectivity index (χ0v) is 19.2. The Morgan fingerprint density at radius 3 is 2.30 bits per heavy atom. The number of rotatable bonds is 5. The second-order valence-electron chi connectivity index (χ2n) is 12.4. The van der Waals surface area contributed by atoms with Gasteiger partial charge in [-0.1, -0.05) is 66.7 Å². The lowest BCUT2D eigenvalue weighted by Gasteiger charge is -2.61. The highest BCUT2D eigenvalue weighted by Gasteiger charge is 2.59. The second kappa shape index (κ2) is 7.68. The molecule has 7 unspecified atom stereocenters. The number of hydrogen-bond acceptors (Lipinski definition) is 0. The molecule has 4 saturated carbocycles.